The number of carbonyl (C=O) groups excluding carboxylic acids is 1. The maximum Gasteiger partial charge on any atom is 0.234 e. The summed E-state index contributed by atoms with van der Waals surface area (Å²) in [6, 6.07) is 8.80. The van der Waals surface area contributed by atoms with E-state index in [0.717, 1.165) is 32.4 Å². The SMILES string of the molecule is CCC(NC(=O)CN1CCC(N)CC1)c1ccc(C)cc1. The van der Waals surface area contributed by atoms with Gasteiger partial charge in [0, 0.05) is 19.1 Å². The van der Waals surface area contributed by atoms with Gasteiger partial charge in [0.15, 0.2) is 0 Å². The lowest BCUT2D eigenvalue weighted by molar-refractivity contribution is -0.123. The van der Waals surface area contributed by atoms with E-state index >= 15 is 0 Å². The number of hydrogen-bond donors (Lipinski definition) is 2. The first kappa shape index (κ1) is 16.0. The van der Waals surface area contributed by atoms with Gasteiger partial charge in [-0.2, -0.15) is 0 Å². The average molecular weight is 289 g/mol. The Hall–Kier alpha value is -1.39. The highest BCUT2D eigenvalue weighted by Crippen LogP contribution is 2.17. The van der Waals surface area contributed by atoms with Gasteiger partial charge in [-0.25, -0.2) is 0 Å². The van der Waals surface area contributed by atoms with E-state index in [1.54, 1.807) is 0 Å². The van der Waals surface area contributed by atoms with E-state index in [1.807, 2.05) is 0 Å². The molecule has 116 valence electrons. The summed E-state index contributed by atoms with van der Waals surface area (Å²) in [5.74, 6) is 0.109. The number of rotatable bonds is 5. The Kier molecular flexibility index (Phi) is 5.76. The lowest BCUT2D eigenvalue weighted by atomic mass is 10.0. The molecule has 0 aliphatic carbocycles. The molecule has 0 radical (unpaired) electrons. The summed E-state index contributed by atoms with van der Waals surface area (Å²) in [7, 11) is 0. The fourth-order valence-electron chi connectivity index (χ4n) is 2.77. The number of piperidine rings is 1. The van der Waals surface area contributed by atoms with Gasteiger partial charge in [0.2, 0.25) is 5.91 Å². The fourth-order valence-corrected chi connectivity index (χ4v) is 2.77. The molecule has 1 unspecified atom stereocenters. The number of nitrogens with one attached hydrogen (secondary N) is 1. The lowest BCUT2D eigenvalue weighted by Gasteiger charge is -2.30. The minimum atomic E-state index is 0.102. The molecule has 4 nitrogen and oxygen atoms in total. The largest absolute Gasteiger partial charge is 0.348 e. The zero-order valence-corrected chi connectivity index (χ0v) is 13.1. The minimum absolute atomic E-state index is 0.102. The second kappa shape index (κ2) is 7.57. The predicted molar refractivity (Wildman–Crippen MR) is 86.0 cm³/mol. The molecular weight excluding hydrogens is 262 g/mol. The second-order valence-corrected chi connectivity index (χ2v) is 6.05. The van der Waals surface area contributed by atoms with Crippen LogP contribution in [0.3, 0.4) is 0 Å². The molecule has 0 spiro atoms. The molecule has 1 saturated heterocycles. The summed E-state index contributed by atoms with van der Waals surface area (Å²) in [6.45, 7) is 6.51. The summed E-state index contributed by atoms with van der Waals surface area (Å²) in [6.07, 6.45) is 2.88. The van der Waals surface area contributed by atoms with Crippen LogP contribution in [-0.4, -0.2) is 36.5 Å². The van der Waals surface area contributed by atoms with Crippen LogP contribution in [0.2, 0.25) is 0 Å². The Balaban J connectivity index is 1.86. The van der Waals surface area contributed by atoms with E-state index in [1.165, 1.54) is 11.1 Å². The summed E-state index contributed by atoms with van der Waals surface area (Å²) in [4.78, 5) is 14.4. The molecule has 4 heteroatoms. The van der Waals surface area contributed by atoms with Gasteiger partial charge in [-0.05, 0) is 31.7 Å². The molecule has 0 saturated carbocycles. The van der Waals surface area contributed by atoms with E-state index in [2.05, 4.69) is 48.3 Å². The first-order valence-electron chi connectivity index (χ1n) is 7.92. The Morgan fingerprint density at radius 1 is 1.33 bits per heavy atom. The van der Waals surface area contributed by atoms with Gasteiger partial charge >= 0.3 is 0 Å². The van der Waals surface area contributed by atoms with E-state index in [-0.39, 0.29) is 11.9 Å². The zero-order chi connectivity index (χ0) is 15.2. The number of benzene rings is 1. The summed E-state index contributed by atoms with van der Waals surface area (Å²) >= 11 is 0. The first-order chi connectivity index (χ1) is 10.1. The van der Waals surface area contributed by atoms with Crippen LogP contribution in [0.15, 0.2) is 24.3 Å². The number of hydrogen-bond acceptors (Lipinski definition) is 3. The number of amides is 1. The van der Waals surface area contributed by atoms with Crippen LogP contribution in [0.4, 0.5) is 0 Å². The molecule has 1 aliphatic heterocycles. The smallest absolute Gasteiger partial charge is 0.234 e. The maximum absolute atomic E-state index is 12.2. The quantitative estimate of drug-likeness (QED) is 0.871. The van der Waals surface area contributed by atoms with Crippen LogP contribution >= 0.6 is 0 Å². The molecule has 1 atom stereocenters. The van der Waals surface area contributed by atoms with Crippen LogP contribution in [0.1, 0.15) is 43.4 Å². The van der Waals surface area contributed by atoms with Crippen molar-refractivity contribution in [3.05, 3.63) is 35.4 Å². The molecule has 2 rings (SSSR count). The monoisotopic (exact) mass is 289 g/mol. The molecule has 0 aromatic heterocycles. The van der Waals surface area contributed by atoms with Crippen molar-refractivity contribution >= 4 is 5.91 Å². The standard InChI is InChI=1S/C17H27N3O/c1-3-16(14-6-4-13(2)5-7-14)19-17(21)12-20-10-8-15(18)9-11-20/h4-7,15-16H,3,8-12,18H2,1-2H3,(H,19,21). The van der Waals surface area contributed by atoms with Gasteiger partial charge < -0.3 is 11.1 Å². The lowest BCUT2D eigenvalue weighted by Crippen LogP contribution is -2.45. The molecule has 1 aromatic carbocycles. The van der Waals surface area contributed by atoms with E-state index < -0.39 is 0 Å². The highest BCUT2D eigenvalue weighted by Gasteiger charge is 2.19. The molecule has 21 heavy (non-hydrogen) atoms. The van der Waals surface area contributed by atoms with Crippen molar-refractivity contribution in [2.75, 3.05) is 19.6 Å². The summed E-state index contributed by atoms with van der Waals surface area (Å²) < 4.78 is 0. The zero-order valence-electron chi connectivity index (χ0n) is 13.1. The van der Waals surface area contributed by atoms with Crippen LogP contribution in [0.5, 0.6) is 0 Å². The number of nitrogens with two attached hydrogens (primary N) is 1. The number of carbonyl (C=O) groups is 1. The molecule has 1 heterocycles. The van der Waals surface area contributed by atoms with Crippen LogP contribution in [0, 0.1) is 6.92 Å². The molecule has 1 aliphatic rings. The van der Waals surface area contributed by atoms with Crippen molar-refractivity contribution in [1.82, 2.24) is 10.2 Å². The third-order valence-electron chi connectivity index (χ3n) is 4.22. The van der Waals surface area contributed by atoms with Crippen molar-refractivity contribution in [2.45, 2.75) is 45.2 Å². The van der Waals surface area contributed by atoms with Gasteiger partial charge in [0.25, 0.3) is 0 Å². The van der Waals surface area contributed by atoms with Gasteiger partial charge in [-0.3, -0.25) is 9.69 Å². The number of aryl methyl sites for hydroxylation is 1. The Morgan fingerprint density at radius 3 is 2.52 bits per heavy atom. The third-order valence-corrected chi connectivity index (χ3v) is 4.22. The highest BCUT2D eigenvalue weighted by atomic mass is 16.2. The van der Waals surface area contributed by atoms with Crippen molar-refractivity contribution in [3.63, 3.8) is 0 Å². The normalized spacial score (nSPS) is 18.4. The van der Waals surface area contributed by atoms with Crippen LogP contribution in [-0.2, 0) is 4.79 Å². The Labute approximate surface area is 127 Å². The van der Waals surface area contributed by atoms with Gasteiger partial charge in [0.1, 0.15) is 0 Å². The molecule has 0 bridgehead atoms. The van der Waals surface area contributed by atoms with Crippen LogP contribution < -0.4 is 11.1 Å². The number of nitrogens with zero attached hydrogens (tertiary/aromatic N) is 1. The van der Waals surface area contributed by atoms with E-state index in [4.69, 9.17) is 5.73 Å². The van der Waals surface area contributed by atoms with Crippen molar-refractivity contribution < 1.29 is 4.79 Å². The van der Waals surface area contributed by atoms with Crippen molar-refractivity contribution in [2.24, 2.45) is 5.73 Å². The summed E-state index contributed by atoms with van der Waals surface area (Å²) in [5, 5.41) is 3.15. The molecule has 1 aromatic rings. The van der Waals surface area contributed by atoms with Crippen molar-refractivity contribution in [1.29, 1.82) is 0 Å². The second-order valence-electron chi connectivity index (χ2n) is 6.05. The topological polar surface area (TPSA) is 58.4 Å². The summed E-state index contributed by atoms with van der Waals surface area (Å²) in [5.41, 5.74) is 8.31. The highest BCUT2D eigenvalue weighted by molar-refractivity contribution is 5.78. The Morgan fingerprint density at radius 2 is 1.95 bits per heavy atom. The van der Waals surface area contributed by atoms with Crippen LogP contribution in [0.25, 0.3) is 0 Å². The van der Waals surface area contributed by atoms with Gasteiger partial charge in [-0.15, -0.1) is 0 Å². The average Bonchev–Trinajstić information content (AvgIpc) is 2.48. The fraction of sp³-hybridized carbons (Fsp3) is 0.588. The number of likely N-dealkylation sites (tertiary alicyclic amines) is 1. The first-order valence-corrected chi connectivity index (χ1v) is 7.92. The van der Waals surface area contributed by atoms with E-state index in [9.17, 15) is 4.79 Å². The molecular formula is C17H27N3O. The predicted octanol–water partition coefficient (Wildman–Crippen LogP) is 1.99. The van der Waals surface area contributed by atoms with E-state index in [0.29, 0.717) is 12.6 Å². The molecule has 1 amide bonds. The molecule has 3 N–H and O–H groups in total. The minimum Gasteiger partial charge on any atom is -0.348 e. The van der Waals surface area contributed by atoms with Crippen molar-refractivity contribution in [3.8, 4) is 0 Å². The molecule has 1 fully saturated rings. The Bertz CT molecular complexity index is 450. The van der Waals surface area contributed by atoms with Gasteiger partial charge in [0.05, 0.1) is 12.6 Å². The van der Waals surface area contributed by atoms with Gasteiger partial charge in [-0.1, -0.05) is 36.8 Å². The maximum atomic E-state index is 12.2. The third kappa shape index (κ3) is 4.83.